The van der Waals surface area contributed by atoms with Gasteiger partial charge in [0.1, 0.15) is 0 Å². The van der Waals surface area contributed by atoms with Crippen LogP contribution in [0.5, 0.6) is 0 Å². The zero-order chi connectivity index (χ0) is 2.00. The van der Waals surface area contributed by atoms with Crippen molar-refractivity contribution in [1.29, 1.82) is 0 Å². The molecule has 0 rings (SSSR count). The van der Waals surface area contributed by atoms with Gasteiger partial charge in [-0.1, -0.05) is 0 Å². The molecule has 6 heavy (non-hydrogen) atoms. The smallest absolute Gasteiger partial charge is 0 e. The van der Waals surface area contributed by atoms with Gasteiger partial charge in [-0.05, 0) is 0 Å². The van der Waals surface area contributed by atoms with E-state index in [1.807, 2.05) is 0 Å². The fourth-order valence-electron chi connectivity index (χ4n) is 0. The van der Waals surface area contributed by atoms with Gasteiger partial charge < -0.3 is 16.4 Å². The van der Waals surface area contributed by atoms with Crippen molar-refractivity contribution < 1.29 is 56.8 Å². The predicted octanol–water partition coefficient (Wildman–Crippen LogP) is -0.480. The maximum atomic E-state index is 8.18. The van der Waals surface area contributed by atoms with E-state index in [0.717, 1.165) is 18.3 Å². The molecule has 0 aliphatic heterocycles. The Kier molecular flexibility index (Phi) is 1990. The van der Waals surface area contributed by atoms with E-state index in [0.29, 0.717) is 0 Å². The molecule has 0 aromatic rings. The Morgan fingerprint density at radius 1 is 0.833 bits per heavy atom. The van der Waals surface area contributed by atoms with Crippen molar-refractivity contribution in [3.8, 4) is 0 Å². The Labute approximate surface area is 57.1 Å². The van der Waals surface area contributed by atoms with E-state index in [4.69, 9.17) is 3.57 Å². The van der Waals surface area contributed by atoms with E-state index < -0.39 is 0 Å². The first kappa shape index (κ1) is 67.0. The summed E-state index contributed by atoms with van der Waals surface area (Å²) in [4.78, 5) is 0. The standard InChI is InChI=1S/4O.Ru.V/q;3*-2;+1;. The second-order valence-corrected chi connectivity index (χ2v) is 0. The molecule has 0 aliphatic rings. The SMILES string of the molecule is [O-2].[O-2].[O-2].[O]=[Ru+].[V]. The monoisotopic (exact) mass is 217 g/mol. The molecule has 0 amide bonds. The van der Waals surface area contributed by atoms with Gasteiger partial charge in [0.15, 0.2) is 0 Å². The molecular weight excluding hydrogens is 216 g/mol. The van der Waals surface area contributed by atoms with Crippen LogP contribution in [-0.4, -0.2) is 0 Å². The van der Waals surface area contributed by atoms with Crippen LogP contribution in [0.4, 0.5) is 0 Å². The third kappa shape index (κ3) is 93.7. The molecule has 0 bridgehead atoms. The summed E-state index contributed by atoms with van der Waals surface area (Å²) in [5.41, 5.74) is 0. The fraction of sp³-hybridized carbons (Fsp3) is 0. The predicted molar refractivity (Wildman–Crippen MR) is 2.75 cm³/mol. The van der Waals surface area contributed by atoms with Crippen LogP contribution in [0.3, 0.4) is 0 Å². The number of hydrogen-bond donors (Lipinski definition) is 0. The average Bonchev–Trinajstić information content (AvgIpc) is 1.00. The van der Waals surface area contributed by atoms with Gasteiger partial charge in [-0.3, -0.25) is 0 Å². The minimum Gasteiger partial charge on any atom is 0 e. The van der Waals surface area contributed by atoms with Crippen molar-refractivity contribution in [2.24, 2.45) is 0 Å². The molecule has 0 saturated heterocycles. The van der Waals surface area contributed by atoms with Crippen molar-refractivity contribution in [3.63, 3.8) is 0 Å². The first-order valence-corrected chi connectivity index (χ1v) is 0.854. The van der Waals surface area contributed by atoms with Crippen LogP contribution in [0, 0.1) is 0 Å². The van der Waals surface area contributed by atoms with Crippen LogP contribution in [-0.2, 0) is 56.8 Å². The Morgan fingerprint density at radius 2 is 0.833 bits per heavy atom. The molecule has 0 spiro atoms. The van der Waals surface area contributed by atoms with Gasteiger partial charge in [0.05, 0.1) is 0 Å². The summed E-state index contributed by atoms with van der Waals surface area (Å²) in [5, 5.41) is 0. The van der Waals surface area contributed by atoms with Gasteiger partial charge in [0.2, 0.25) is 0 Å². The quantitative estimate of drug-likeness (QED) is 0.501. The maximum absolute atomic E-state index is 8.18. The van der Waals surface area contributed by atoms with Crippen LogP contribution >= 0.6 is 0 Å². The summed E-state index contributed by atoms with van der Waals surface area (Å²) < 4.78 is 8.18. The van der Waals surface area contributed by atoms with Gasteiger partial charge in [-0.25, -0.2) is 0 Å². The number of rotatable bonds is 0. The van der Waals surface area contributed by atoms with Crippen LogP contribution in [0.2, 0.25) is 0 Å². The summed E-state index contributed by atoms with van der Waals surface area (Å²) in [6.07, 6.45) is 0. The van der Waals surface area contributed by atoms with Crippen LogP contribution in [0.25, 0.3) is 0 Å². The minimum atomic E-state index is 0. The van der Waals surface area contributed by atoms with Gasteiger partial charge in [-0.15, -0.1) is 0 Å². The summed E-state index contributed by atoms with van der Waals surface area (Å²) >= 11 is 1.10. The first-order valence-electron chi connectivity index (χ1n) is 0.144. The fourth-order valence-corrected chi connectivity index (χ4v) is 0. The van der Waals surface area contributed by atoms with E-state index in [-0.39, 0.29) is 35.0 Å². The molecule has 0 aromatic carbocycles. The molecule has 0 aromatic heterocycles. The average molecular weight is 216 g/mol. The van der Waals surface area contributed by atoms with Gasteiger partial charge in [0, 0.05) is 18.6 Å². The summed E-state index contributed by atoms with van der Waals surface area (Å²) in [7, 11) is 0. The Balaban J connectivity index is -0.000000000833. The maximum Gasteiger partial charge on any atom is 0 e. The van der Waals surface area contributed by atoms with E-state index in [9.17, 15) is 0 Å². The summed E-state index contributed by atoms with van der Waals surface area (Å²) in [6.45, 7) is 0. The molecule has 0 N–H and O–H groups in total. The topological polar surface area (TPSA) is 103 Å². The molecule has 0 aliphatic carbocycles. The van der Waals surface area contributed by atoms with Crippen LogP contribution < -0.4 is 0 Å². The van der Waals surface area contributed by atoms with Gasteiger partial charge in [0.25, 0.3) is 0 Å². The van der Waals surface area contributed by atoms with Crippen LogP contribution in [0.15, 0.2) is 0 Å². The minimum absolute atomic E-state index is 0. The van der Waals surface area contributed by atoms with E-state index in [2.05, 4.69) is 0 Å². The zero-order valence-electron chi connectivity index (χ0n) is 2.43. The van der Waals surface area contributed by atoms with Crippen molar-refractivity contribution in [3.05, 3.63) is 0 Å². The zero-order valence-corrected chi connectivity index (χ0v) is 5.57. The molecule has 0 fully saturated rings. The van der Waals surface area contributed by atoms with Crippen molar-refractivity contribution >= 4 is 0 Å². The second kappa shape index (κ2) is 178. The first-order chi connectivity index (χ1) is 1.00. The van der Waals surface area contributed by atoms with Crippen LogP contribution in [0.1, 0.15) is 0 Å². The summed E-state index contributed by atoms with van der Waals surface area (Å²) in [5.74, 6) is 0. The normalized spacial score (nSPS) is 0.667. The molecule has 0 heterocycles. The third-order valence-corrected chi connectivity index (χ3v) is 0. The number of hydrogen-bond acceptors (Lipinski definition) is 1. The molecule has 0 saturated carbocycles. The molecule has 0 unspecified atom stereocenters. The second-order valence-electron chi connectivity index (χ2n) is 0. The summed E-state index contributed by atoms with van der Waals surface area (Å²) in [6, 6.07) is 0. The van der Waals surface area contributed by atoms with Crippen molar-refractivity contribution in [2.75, 3.05) is 0 Å². The van der Waals surface area contributed by atoms with E-state index in [1.165, 1.54) is 0 Å². The molecule has 0 atom stereocenters. The molecular formula is O4RuV-5. The third-order valence-electron chi connectivity index (χ3n) is 0. The van der Waals surface area contributed by atoms with Crippen molar-refractivity contribution in [2.45, 2.75) is 0 Å². The van der Waals surface area contributed by atoms with Gasteiger partial charge in [-0.2, -0.15) is 0 Å². The largest absolute Gasteiger partial charge is 0 e. The van der Waals surface area contributed by atoms with Crippen molar-refractivity contribution in [1.82, 2.24) is 0 Å². The molecule has 4 nitrogen and oxygen atoms in total. The molecule has 6 heteroatoms. The van der Waals surface area contributed by atoms with E-state index >= 15 is 0 Å². The Hall–Kier alpha value is 0.888. The van der Waals surface area contributed by atoms with E-state index in [1.54, 1.807) is 0 Å². The molecule has 42 valence electrons. The van der Waals surface area contributed by atoms with Gasteiger partial charge >= 0.3 is 21.8 Å². The Morgan fingerprint density at radius 3 is 0.833 bits per heavy atom. The molecule has 1 radical (unpaired) electrons. The Bertz CT molecular complexity index is 7.51.